The number of hydrogen-bond acceptors (Lipinski definition) is 3. The first kappa shape index (κ1) is 28.4. The van der Waals surface area contributed by atoms with Crippen molar-refractivity contribution in [2.45, 2.75) is 0 Å². The predicted molar refractivity (Wildman–Crippen MR) is 215 cm³/mol. The molecular weight excluding hydrogens is 641 g/mol. The molecular formula is C47H28N2OS. The molecule has 4 aromatic heterocycles. The molecule has 0 radical (unpaired) electrons. The van der Waals surface area contributed by atoms with Crippen molar-refractivity contribution < 1.29 is 4.42 Å². The van der Waals surface area contributed by atoms with Crippen LogP contribution < -0.4 is 0 Å². The molecule has 11 rings (SSSR count). The van der Waals surface area contributed by atoms with E-state index in [1.165, 1.54) is 52.9 Å². The van der Waals surface area contributed by atoms with Gasteiger partial charge in [0.25, 0.3) is 0 Å². The van der Waals surface area contributed by atoms with Gasteiger partial charge in [-0.3, -0.25) is 0 Å². The Kier molecular flexibility index (Phi) is 6.12. The lowest BCUT2D eigenvalue weighted by atomic mass is 10.00. The zero-order valence-corrected chi connectivity index (χ0v) is 28.2. The van der Waals surface area contributed by atoms with Crippen LogP contribution in [0.2, 0.25) is 0 Å². The average molecular weight is 669 g/mol. The lowest BCUT2D eigenvalue weighted by molar-refractivity contribution is 0.673. The highest BCUT2D eigenvalue weighted by Crippen LogP contribution is 2.50. The molecule has 4 heterocycles. The first-order valence-corrected chi connectivity index (χ1v) is 18.0. The summed E-state index contributed by atoms with van der Waals surface area (Å²) in [4.78, 5) is 5.20. The molecule has 7 aromatic carbocycles. The Balaban J connectivity index is 1.18. The van der Waals surface area contributed by atoms with Crippen molar-refractivity contribution in [1.29, 1.82) is 0 Å². The van der Waals surface area contributed by atoms with Crippen molar-refractivity contribution in [1.82, 2.24) is 9.55 Å². The van der Waals surface area contributed by atoms with Gasteiger partial charge in [-0.25, -0.2) is 4.98 Å². The summed E-state index contributed by atoms with van der Waals surface area (Å²) in [6, 6.07) is 60.3. The molecule has 0 aliphatic carbocycles. The molecule has 0 unspecified atom stereocenters. The summed E-state index contributed by atoms with van der Waals surface area (Å²) in [5.74, 6) is 0. The molecule has 238 valence electrons. The van der Waals surface area contributed by atoms with E-state index in [0.29, 0.717) is 0 Å². The van der Waals surface area contributed by atoms with E-state index in [1.54, 1.807) is 0 Å². The SMILES string of the molecule is c1ccc(-c2cc(-c3ccccc3)nc(-c3ccc(-n4c5ccccc5c5c6c7ccccc7oc6c6c7ccccc7sc6c54)cc3)c2)cc1. The van der Waals surface area contributed by atoms with Gasteiger partial charge in [0.1, 0.15) is 11.2 Å². The Morgan fingerprint density at radius 3 is 1.84 bits per heavy atom. The van der Waals surface area contributed by atoms with E-state index in [0.717, 1.165) is 50.3 Å². The molecule has 0 bridgehead atoms. The molecule has 0 saturated heterocycles. The van der Waals surface area contributed by atoms with Gasteiger partial charge in [0.15, 0.2) is 0 Å². The standard InChI is InChI=1S/C47H28N2OS/c1-3-13-29(14-4-1)32-27-37(30-15-5-2-6-16-30)48-38(28-32)31-23-25-33(26-24-31)49-39-20-10-7-17-34(39)42-43-35-18-8-11-21-40(35)50-46(43)44-36-19-9-12-22-41(36)51-47(44)45(42)49/h1-28H. The highest BCUT2D eigenvalue weighted by atomic mass is 32.1. The Morgan fingerprint density at radius 2 is 1.08 bits per heavy atom. The summed E-state index contributed by atoms with van der Waals surface area (Å²) >= 11 is 1.85. The first-order valence-electron chi connectivity index (χ1n) is 17.2. The zero-order valence-electron chi connectivity index (χ0n) is 27.4. The lowest BCUT2D eigenvalue weighted by Gasteiger charge is -2.12. The van der Waals surface area contributed by atoms with Gasteiger partial charge in [-0.2, -0.15) is 0 Å². The van der Waals surface area contributed by atoms with E-state index >= 15 is 0 Å². The topological polar surface area (TPSA) is 31.0 Å². The predicted octanol–water partition coefficient (Wildman–Crippen LogP) is 13.4. The number of para-hydroxylation sites is 2. The minimum Gasteiger partial charge on any atom is -0.455 e. The number of rotatable bonds is 4. The highest BCUT2D eigenvalue weighted by molar-refractivity contribution is 7.27. The number of aromatic nitrogens is 2. The molecule has 3 nitrogen and oxygen atoms in total. The van der Waals surface area contributed by atoms with Gasteiger partial charge >= 0.3 is 0 Å². The molecule has 0 atom stereocenters. The summed E-state index contributed by atoms with van der Waals surface area (Å²) in [6.07, 6.45) is 0. The van der Waals surface area contributed by atoms with E-state index in [-0.39, 0.29) is 0 Å². The van der Waals surface area contributed by atoms with E-state index in [4.69, 9.17) is 9.40 Å². The molecule has 51 heavy (non-hydrogen) atoms. The number of pyridine rings is 1. The van der Waals surface area contributed by atoms with Crippen LogP contribution in [0, 0.1) is 0 Å². The average Bonchev–Trinajstić information content (AvgIpc) is 3.88. The molecule has 0 N–H and O–H groups in total. The number of thiophene rings is 1. The summed E-state index contributed by atoms with van der Waals surface area (Å²) < 4.78 is 11.7. The lowest BCUT2D eigenvalue weighted by Crippen LogP contribution is -1.95. The third-order valence-corrected chi connectivity index (χ3v) is 11.4. The smallest absolute Gasteiger partial charge is 0.145 e. The van der Waals surface area contributed by atoms with Crippen LogP contribution in [0.3, 0.4) is 0 Å². The molecule has 0 aliphatic heterocycles. The first-order chi connectivity index (χ1) is 25.3. The Hall–Kier alpha value is -6.49. The van der Waals surface area contributed by atoms with E-state index in [9.17, 15) is 0 Å². The van der Waals surface area contributed by atoms with Gasteiger partial charge in [0.05, 0.1) is 27.1 Å². The van der Waals surface area contributed by atoms with Crippen molar-refractivity contribution in [2.24, 2.45) is 0 Å². The summed E-state index contributed by atoms with van der Waals surface area (Å²) in [6.45, 7) is 0. The number of nitrogens with zero attached hydrogens (tertiary/aromatic N) is 2. The zero-order chi connectivity index (χ0) is 33.5. The molecule has 0 spiro atoms. The maximum atomic E-state index is 6.74. The molecule has 4 heteroatoms. The van der Waals surface area contributed by atoms with Crippen LogP contribution in [0.25, 0.3) is 103 Å². The Labute approximate surface area is 297 Å². The second-order valence-electron chi connectivity index (χ2n) is 13.1. The van der Waals surface area contributed by atoms with E-state index < -0.39 is 0 Å². The van der Waals surface area contributed by atoms with Crippen LogP contribution in [0.5, 0.6) is 0 Å². The largest absolute Gasteiger partial charge is 0.455 e. The second-order valence-corrected chi connectivity index (χ2v) is 14.1. The summed E-state index contributed by atoms with van der Waals surface area (Å²) in [7, 11) is 0. The van der Waals surface area contributed by atoms with Gasteiger partial charge < -0.3 is 8.98 Å². The quantitative estimate of drug-likeness (QED) is 0.187. The number of benzene rings is 7. The van der Waals surface area contributed by atoms with Gasteiger partial charge in [-0.15, -0.1) is 11.3 Å². The van der Waals surface area contributed by atoms with Gasteiger partial charge in [-0.1, -0.05) is 127 Å². The highest BCUT2D eigenvalue weighted by Gasteiger charge is 2.25. The van der Waals surface area contributed by atoms with Crippen molar-refractivity contribution in [3.8, 4) is 39.3 Å². The minimum absolute atomic E-state index is 0.915. The maximum Gasteiger partial charge on any atom is 0.145 e. The number of hydrogen-bond donors (Lipinski definition) is 0. The Morgan fingerprint density at radius 1 is 0.471 bits per heavy atom. The maximum absolute atomic E-state index is 6.74. The van der Waals surface area contributed by atoms with Crippen LogP contribution >= 0.6 is 11.3 Å². The molecule has 0 amide bonds. The van der Waals surface area contributed by atoms with Crippen molar-refractivity contribution in [3.05, 3.63) is 170 Å². The third-order valence-electron chi connectivity index (χ3n) is 10.2. The normalized spacial score (nSPS) is 11.9. The van der Waals surface area contributed by atoms with Crippen molar-refractivity contribution >= 4 is 75.3 Å². The molecule has 0 saturated carbocycles. The number of fused-ring (bicyclic) bond motifs is 12. The fourth-order valence-electron chi connectivity index (χ4n) is 7.90. The third kappa shape index (κ3) is 4.27. The van der Waals surface area contributed by atoms with Crippen LogP contribution in [-0.2, 0) is 0 Å². The Bertz CT molecular complexity index is 3060. The van der Waals surface area contributed by atoms with Crippen LogP contribution in [0.15, 0.2) is 174 Å². The monoisotopic (exact) mass is 668 g/mol. The van der Waals surface area contributed by atoms with Gasteiger partial charge in [0.2, 0.25) is 0 Å². The second kappa shape index (κ2) is 11.0. The minimum atomic E-state index is 0.915. The van der Waals surface area contributed by atoms with Crippen molar-refractivity contribution in [2.75, 3.05) is 0 Å². The van der Waals surface area contributed by atoms with Gasteiger partial charge in [0, 0.05) is 53.8 Å². The number of furan rings is 1. The van der Waals surface area contributed by atoms with Crippen LogP contribution in [-0.4, -0.2) is 9.55 Å². The molecule has 0 fully saturated rings. The van der Waals surface area contributed by atoms with Crippen molar-refractivity contribution in [3.63, 3.8) is 0 Å². The van der Waals surface area contributed by atoms with Crippen LogP contribution in [0.1, 0.15) is 0 Å². The van der Waals surface area contributed by atoms with Gasteiger partial charge in [-0.05, 0) is 53.6 Å². The van der Waals surface area contributed by atoms with E-state index in [1.807, 2.05) is 17.4 Å². The molecule has 0 aliphatic rings. The molecule has 11 aromatic rings. The van der Waals surface area contributed by atoms with E-state index in [2.05, 4.69) is 168 Å². The van der Waals surface area contributed by atoms with Crippen LogP contribution in [0.4, 0.5) is 0 Å². The fraction of sp³-hybridized carbons (Fsp3) is 0. The summed E-state index contributed by atoms with van der Waals surface area (Å²) in [5, 5.41) is 7.19. The summed E-state index contributed by atoms with van der Waals surface area (Å²) in [5.41, 5.74) is 11.8. The fourth-order valence-corrected chi connectivity index (χ4v) is 9.14.